The van der Waals surface area contributed by atoms with Crippen LogP contribution in [-0.4, -0.2) is 69.8 Å². The molecule has 0 aliphatic carbocycles. The van der Waals surface area contributed by atoms with E-state index in [9.17, 15) is 19.2 Å². The first-order valence-electron chi connectivity index (χ1n) is 7.93. The number of amides is 3. The molecule has 2 aliphatic rings. The van der Waals surface area contributed by atoms with Crippen molar-refractivity contribution in [2.45, 2.75) is 57.7 Å². The zero-order valence-corrected chi connectivity index (χ0v) is 13.4. The van der Waals surface area contributed by atoms with Gasteiger partial charge in [0.1, 0.15) is 18.1 Å². The normalized spacial score (nSPS) is 25.3. The summed E-state index contributed by atoms with van der Waals surface area (Å²) in [5.74, 6) is -1.93. The van der Waals surface area contributed by atoms with Crippen molar-refractivity contribution in [3.05, 3.63) is 0 Å². The second-order valence-electron chi connectivity index (χ2n) is 6.13. The highest BCUT2D eigenvalue weighted by atomic mass is 16.4. The maximum absolute atomic E-state index is 12.4. The average molecular weight is 325 g/mol. The van der Waals surface area contributed by atoms with E-state index in [2.05, 4.69) is 5.32 Å². The van der Waals surface area contributed by atoms with Crippen LogP contribution in [0, 0.1) is 0 Å². The first kappa shape index (κ1) is 17.2. The highest BCUT2D eigenvalue weighted by Crippen LogP contribution is 2.20. The number of carboxylic acid groups (broad SMARTS) is 1. The van der Waals surface area contributed by atoms with Crippen molar-refractivity contribution in [2.75, 3.05) is 13.1 Å². The van der Waals surface area contributed by atoms with Gasteiger partial charge in [-0.1, -0.05) is 0 Å². The number of rotatable bonds is 4. The molecule has 2 saturated heterocycles. The Morgan fingerprint density at radius 3 is 2.17 bits per heavy atom. The van der Waals surface area contributed by atoms with Gasteiger partial charge < -0.3 is 20.2 Å². The fraction of sp³-hybridized carbons (Fsp3) is 0.733. The van der Waals surface area contributed by atoms with E-state index < -0.39 is 30.0 Å². The summed E-state index contributed by atoms with van der Waals surface area (Å²) >= 11 is 0. The fourth-order valence-corrected chi connectivity index (χ4v) is 3.32. The minimum Gasteiger partial charge on any atom is -0.480 e. The van der Waals surface area contributed by atoms with Gasteiger partial charge in [-0.2, -0.15) is 0 Å². The molecular weight excluding hydrogens is 302 g/mol. The Hall–Kier alpha value is -2.12. The number of likely N-dealkylation sites (tertiary alicyclic amines) is 2. The van der Waals surface area contributed by atoms with E-state index in [1.54, 1.807) is 6.92 Å². The number of carbonyl (C=O) groups excluding carboxylic acids is 3. The third-order valence-corrected chi connectivity index (χ3v) is 4.51. The van der Waals surface area contributed by atoms with Gasteiger partial charge >= 0.3 is 5.97 Å². The third-order valence-electron chi connectivity index (χ3n) is 4.51. The standard InChI is InChI=1S/C15H23N3O5/c1-9(14(21)18-8-4-6-12(18)15(22)23)16-13(20)11-5-3-7-17(11)10(2)19/h9,11-12H,3-8H2,1-2H3,(H,16,20)(H,22,23)/t9-,11-,12-/m0/s1. The molecule has 3 atom stereocenters. The summed E-state index contributed by atoms with van der Waals surface area (Å²) in [5, 5.41) is 11.8. The van der Waals surface area contributed by atoms with Crippen molar-refractivity contribution in [1.29, 1.82) is 0 Å². The van der Waals surface area contributed by atoms with Gasteiger partial charge in [0.05, 0.1) is 0 Å². The topological polar surface area (TPSA) is 107 Å². The summed E-state index contributed by atoms with van der Waals surface area (Å²) in [6, 6.07) is -2.17. The lowest BCUT2D eigenvalue weighted by Crippen LogP contribution is -2.54. The molecule has 0 aromatic heterocycles. The first-order valence-corrected chi connectivity index (χ1v) is 7.93. The van der Waals surface area contributed by atoms with Crippen LogP contribution in [0.1, 0.15) is 39.5 Å². The van der Waals surface area contributed by atoms with Crippen molar-refractivity contribution in [3.8, 4) is 0 Å². The fourth-order valence-electron chi connectivity index (χ4n) is 3.32. The van der Waals surface area contributed by atoms with E-state index in [4.69, 9.17) is 5.11 Å². The van der Waals surface area contributed by atoms with Crippen LogP contribution in [0.3, 0.4) is 0 Å². The van der Waals surface area contributed by atoms with Crippen LogP contribution < -0.4 is 5.32 Å². The number of carboxylic acids is 1. The molecule has 8 nitrogen and oxygen atoms in total. The zero-order chi connectivity index (χ0) is 17.1. The molecule has 2 aliphatic heterocycles. The summed E-state index contributed by atoms with van der Waals surface area (Å²) in [4.78, 5) is 50.2. The highest BCUT2D eigenvalue weighted by molar-refractivity contribution is 5.93. The Kier molecular flexibility index (Phi) is 5.23. The zero-order valence-electron chi connectivity index (χ0n) is 13.4. The highest BCUT2D eigenvalue weighted by Gasteiger charge is 2.38. The number of hydrogen-bond acceptors (Lipinski definition) is 4. The molecule has 0 bridgehead atoms. The Bertz CT molecular complexity index is 521. The Labute approximate surface area is 134 Å². The van der Waals surface area contributed by atoms with Crippen LogP contribution in [0.5, 0.6) is 0 Å². The lowest BCUT2D eigenvalue weighted by molar-refractivity contribution is -0.149. The van der Waals surface area contributed by atoms with E-state index >= 15 is 0 Å². The lowest BCUT2D eigenvalue weighted by Gasteiger charge is -2.27. The third kappa shape index (κ3) is 3.62. The lowest BCUT2D eigenvalue weighted by atomic mass is 10.1. The second-order valence-corrected chi connectivity index (χ2v) is 6.13. The van der Waals surface area contributed by atoms with Crippen LogP contribution in [-0.2, 0) is 19.2 Å². The van der Waals surface area contributed by atoms with E-state index in [0.717, 1.165) is 6.42 Å². The Balaban J connectivity index is 1.96. The quantitative estimate of drug-likeness (QED) is 0.730. The molecule has 2 heterocycles. The largest absolute Gasteiger partial charge is 0.480 e. The van der Waals surface area contributed by atoms with Crippen molar-refractivity contribution < 1.29 is 24.3 Å². The van der Waals surface area contributed by atoms with E-state index in [1.807, 2.05) is 0 Å². The predicted molar refractivity (Wildman–Crippen MR) is 80.4 cm³/mol. The van der Waals surface area contributed by atoms with Crippen LogP contribution >= 0.6 is 0 Å². The molecule has 128 valence electrons. The molecule has 2 rings (SSSR count). The van der Waals surface area contributed by atoms with Gasteiger partial charge in [-0.25, -0.2) is 4.79 Å². The van der Waals surface area contributed by atoms with Crippen LogP contribution in [0.25, 0.3) is 0 Å². The molecule has 3 amide bonds. The first-order chi connectivity index (χ1) is 10.8. The monoisotopic (exact) mass is 325 g/mol. The molecule has 2 fully saturated rings. The van der Waals surface area contributed by atoms with Gasteiger partial charge in [-0.3, -0.25) is 14.4 Å². The number of carbonyl (C=O) groups is 4. The van der Waals surface area contributed by atoms with Crippen molar-refractivity contribution >= 4 is 23.7 Å². The van der Waals surface area contributed by atoms with Gasteiger partial charge in [0, 0.05) is 20.0 Å². The second kappa shape index (κ2) is 6.97. The smallest absolute Gasteiger partial charge is 0.326 e. The maximum Gasteiger partial charge on any atom is 0.326 e. The molecule has 0 saturated carbocycles. The molecule has 0 radical (unpaired) electrons. The van der Waals surface area contributed by atoms with E-state index in [1.165, 1.54) is 16.7 Å². The number of aliphatic carboxylic acids is 1. The summed E-state index contributed by atoms with van der Waals surface area (Å²) in [6.07, 6.45) is 2.41. The minimum atomic E-state index is -1.02. The molecule has 8 heteroatoms. The SMILES string of the molecule is CC(=O)N1CCC[C@H]1C(=O)N[C@@H](C)C(=O)N1CCC[C@H]1C(=O)O. The summed E-state index contributed by atoms with van der Waals surface area (Å²) < 4.78 is 0. The van der Waals surface area contributed by atoms with Gasteiger partial charge in [0.2, 0.25) is 17.7 Å². The molecule has 2 N–H and O–H groups in total. The van der Waals surface area contributed by atoms with Crippen molar-refractivity contribution in [1.82, 2.24) is 15.1 Å². The summed E-state index contributed by atoms with van der Waals surface area (Å²) in [7, 11) is 0. The molecular formula is C15H23N3O5. The number of nitrogens with zero attached hydrogens (tertiary/aromatic N) is 2. The van der Waals surface area contributed by atoms with Gasteiger partial charge in [0.15, 0.2) is 0 Å². The Morgan fingerprint density at radius 2 is 1.61 bits per heavy atom. The summed E-state index contributed by atoms with van der Waals surface area (Å²) in [6.45, 7) is 3.90. The minimum absolute atomic E-state index is 0.160. The van der Waals surface area contributed by atoms with Gasteiger partial charge in [-0.15, -0.1) is 0 Å². The van der Waals surface area contributed by atoms with Crippen molar-refractivity contribution in [3.63, 3.8) is 0 Å². The molecule has 0 aromatic carbocycles. The van der Waals surface area contributed by atoms with Crippen molar-refractivity contribution in [2.24, 2.45) is 0 Å². The van der Waals surface area contributed by atoms with Crippen LogP contribution in [0.15, 0.2) is 0 Å². The van der Waals surface area contributed by atoms with E-state index in [0.29, 0.717) is 32.4 Å². The summed E-state index contributed by atoms with van der Waals surface area (Å²) in [5.41, 5.74) is 0. The molecule has 0 unspecified atom stereocenters. The number of nitrogens with one attached hydrogen (secondary N) is 1. The Morgan fingerprint density at radius 1 is 1.04 bits per heavy atom. The molecule has 0 aromatic rings. The number of hydrogen-bond donors (Lipinski definition) is 2. The average Bonchev–Trinajstić information content (AvgIpc) is 3.14. The molecule has 23 heavy (non-hydrogen) atoms. The van der Waals surface area contributed by atoms with Gasteiger partial charge in [0.25, 0.3) is 0 Å². The molecule has 0 spiro atoms. The van der Waals surface area contributed by atoms with Crippen LogP contribution in [0.4, 0.5) is 0 Å². The van der Waals surface area contributed by atoms with E-state index in [-0.39, 0.29) is 11.8 Å². The van der Waals surface area contributed by atoms with Gasteiger partial charge in [-0.05, 0) is 32.6 Å². The van der Waals surface area contributed by atoms with Crippen LogP contribution in [0.2, 0.25) is 0 Å². The maximum atomic E-state index is 12.4. The predicted octanol–water partition coefficient (Wildman–Crippen LogP) is -0.422.